The molecule has 124 valence electrons. The molecule has 3 rings (SSSR count). The maximum absolute atomic E-state index is 12.0. The van der Waals surface area contributed by atoms with Crippen molar-refractivity contribution in [2.24, 2.45) is 5.92 Å². The van der Waals surface area contributed by atoms with Gasteiger partial charge >= 0.3 is 5.97 Å². The van der Waals surface area contributed by atoms with Crippen molar-refractivity contribution in [3.05, 3.63) is 23.9 Å². The van der Waals surface area contributed by atoms with Gasteiger partial charge < -0.3 is 15.7 Å². The molecule has 3 N–H and O–H groups in total. The first-order valence-corrected chi connectivity index (χ1v) is 7.85. The van der Waals surface area contributed by atoms with Gasteiger partial charge in [0.25, 0.3) is 0 Å². The summed E-state index contributed by atoms with van der Waals surface area (Å²) in [5.74, 6) is -1.01. The van der Waals surface area contributed by atoms with Crippen LogP contribution in [-0.2, 0) is 16.1 Å². The second kappa shape index (κ2) is 5.81. The summed E-state index contributed by atoms with van der Waals surface area (Å²) < 4.78 is 0. The molecule has 2 aliphatic rings. The summed E-state index contributed by atoms with van der Waals surface area (Å²) in [6.07, 6.45) is 3.13. The van der Waals surface area contributed by atoms with Gasteiger partial charge in [-0.2, -0.15) is 0 Å². The molecule has 1 atom stereocenters. The summed E-state index contributed by atoms with van der Waals surface area (Å²) in [6, 6.07) is 3.82. The second-order valence-corrected chi connectivity index (χ2v) is 6.48. The molecule has 0 saturated carbocycles. The van der Waals surface area contributed by atoms with Gasteiger partial charge in [0.05, 0.1) is 11.5 Å². The Morgan fingerprint density at radius 3 is 2.78 bits per heavy atom. The molecule has 1 aromatic heterocycles. The molecule has 1 amide bonds. The molecular weight excluding hydrogens is 296 g/mol. The topological polar surface area (TPSA) is 99.8 Å². The van der Waals surface area contributed by atoms with Crippen LogP contribution in [0.4, 0.5) is 5.82 Å². The second-order valence-electron chi connectivity index (χ2n) is 6.48. The van der Waals surface area contributed by atoms with Gasteiger partial charge in [-0.1, -0.05) is 6.07 Å². The smallest absolute Gasteiger partial charge is 0.309 e. The number of carboxylic acids is 1. The van der Waals surface area contributed by atoms with Crippen molar-refractivity contribution in [3.63, 3.8) is 0 Å². The lowest BCUT2D eigenvalue weighted by Crippen LogP contribution is -2.55. The van der Waals surface area contributed by atoms with Crippen LogP contribution in [0.25, 0.3) is 0 Å². The van der Waals surface area contributed by atoms with Crippen LogP contribution in [-0.4, -0.2) is 57.4 Å². The van der Waals surface area contributed by atoms with E-state index in [-0.39, 0.29) is 12.3 Å². The van der Waals surface area contributed by atoms with Crippen molar-refractivity contribution in [1.82, 2.24) is 14.8 Å². The number of carbonyl (C=O) groups is 2. The predicted molar refractivity (Wildman–Crippen MR) is 84.4 cm³/mol. The summed E-state index contributed by atoms with van der Waals surface area (Å²) in [5, 5.41) is 9.49. The summed E-state index contributed by atoms with van der Waals surface area (Å²) >= 11 is 0. The summed E-state index contributed by atoms with van der Waals surface area (Å²) in [4.78, 5) is 31.6. The van der Waals surface area contributed by atoms with E-state index >= 15 is 0 Å². The van der Waals surface area contributed by atoms with Gasteiger partial charge in [-0.3, -0.25) is 14.5 Å². The number of hydrogen-bond donors (Lipinski definition) is 2. The van der Waals surface area contributed by atoms with Crippen LogP contribution in [0.1, 0.15) is 24.8 Å². The Bertz CT molecular complexity index is 626. The Balaban J connectivity index is 1.71. The molecule has 0 aromatic carbocycles. The van der Waals surface area contributed by atoms with E-state index in [2.05, 4.69) is 9.88 Å². The zero-order chi connectivity index (χ0) is 16.6. The fourth-order valence-corrected chi connectivity index (χ4v) is 3.91. The number of aromatic nitrogens is 1. The number of carbonyl (C=O) groups excluding carboxylic acids is 1. The van der Waals surface area contributed by atoms with Crippen molar-refractivity contribution >= 4 is 17.7 Å². The molecule has 0 radical (unpaired) electrons. The number of amides is 1. The molecular formula is C16H22N4O3. The van der Waals surface area contributed by atoms with Crippen LogP contribution in [0.2, 0.25) is 0 Å². The molecule has 23 heavy (non-hydrogen) atoms. The maximum Gasteiger partial charge on any atom is 0.309 e. The first kappa shape index (κ1) is 15.7. The number of nitrogens with two attached hydrogens (primary N) is 1. The van der Waals surface area contributed by atoms with E-state index in [9.17, 15) is 14.7 Å². The number of likely N-dealkylation sites (tertiary alicyclic amines) is 2. The van der Waals surface area contributed by atoms with E-state index in [0.29, 0.717) is 25.2 Å². The van der Waals surface area contributed by atoms with Crippen LogP contribution in [0.5, 0.6) is 0 Å². The molecule has 2 saturated heterocycles. The molecule has 7 heteroatoms. The monoisotopic (exact) mass is 318 g/mol. The molecule has 2 aliphatic heterocycles. The number of piperidine rings is 1. The average molecular weight is 318 g/mol. The SMILES string of the molecule is CN1C(=O)C[C@@H](C(=O)O)C12CCN(Cc1cccnc1N)CC2. The zero-order valence-electron chi connectivity index (χ0n) is 13.2. The van der Waals surface area contributed by atoms with Crippen LogP contribution < -0.4 is 5.73 Å². The van der Waals surface area contributed by atoms with E-state index < -0.39 is 17.4 Å². The fraction of sp³-hybridized carbons (Fsp3) is 0.562. The van der Waals surface area contributed by atoms with E-state index in [1.165, 1.54) is 0 Å². The molecule has 3 heterocycles. The minimum Gasteiger partial charge on any atom is -0.481 e. The zero-order valence-corrected chi connectivity index (χ0v) is 13.2. The largest absolute Gasteiger partial charge is 0.481 e. The normalized spacial score (nSPS) is 24.3. The maximum atomic E-state index is 12.0. The van der Waals surface area contributed by atoms with E-state index in [4.69, 9.17) is 5.73 Å². The number of carboxylic acid groups (broad SMARTS) is 1. The minimum atomic E-state index is -0.868. The van der Waals surface area contributed by atoms with E-state index in [0.717, 1.165) is 18.7 Å². The summed E-state index contributed by atoms with van der Waals surface area (Å²) in [5.41, 5.74) is 6.33. The van der Waals surface area contributed by atoms with Crippen LogP contribution in [0, 0.1) is 5.92 Å². The molecule has 0 bridgehead atoms. The molecule has 1 aromatic rings. The molecule has 7 nitrogen and oxygen atoms in total. The van der Waals surface area contributed by atoms with Crippen molar-refractivity contribution in [2.75, 3.05) is 25.9 Å². The first-order chi connectivity index (χ1) is 10.9. The highest BCUT2D eigenvalue weighted by Gasteiger charge is 2.55. The number of rotatable bonds is 3. The number of nitrogen functional groups attached to an aromatic ring is 1. The average Bonchev–Trinajstić information content (AvgIpc) is 2.77. The number of hydrogen-bond acceptors (Lipinski definition) is 5. The van der Waals surface area contributed by atoms with Crippen molar-refractivity contribution in [1.29, 1.82) is 0 Å². The molecule has 0 unspecified atom stereocenters. The molecule has 0 aliphatic carbocycles. The van der Waals surface area contributed by atoms with Crippen molar-refractivity contribution in [3.8, 4) is 0 Å². The Morgan fingerprint density at radius 1 is 1.48 bits per heavy atom. The van der Waals surface area contributed by atoms with Gasteiger partial charge in [-0.15, -0.1) is 0 Å². The lowest BCUT2D eigenvalue weighted by molar-refractivity contribution is -0.146. The lowest BCUT2D eigenvalue weighted by Gasteiger charge is -2.45. The third kappa shape index (κ3) is 2.65. The Morgan fingerprint density at radius 2 is 2.17 bits per heavy atom. The Labute approximate surface area is 135 Å². The van der Waals surface area contributed by atoms with Crippen molar-refractivity contribution < 1.29 is 14.7 Å². The highest BCUT2D eigenvalue weighted by Crippen LogP contribution is 2.43. The Hall–Kier alpha value is -2.15. The summed E-state index contributed by atoms with van der Waals surface area (Å²) in [7, 11) is 1.74. The van der Waals surface area contributed by atoms with Crippen LogP contribution in [0.3, 0.4) is 0 Å². The van der Waals surface area contributed by atoms with Gasteiger partial charge in [-0.05, 0) is 18.9 Å². The van der Waals surface area contributed by atoms with Gasteiger partial charge in [0.1, 0.15) is 5.82 Å². The predicted octanol–water partition coefficient (Wildman–Crippen LogP) is 0.561. The minimum absolute atomic E-state index is 0.0673. The van der Waals surface area contributed by atoms with E-state index in [1.54, 1.807) is 18.1 Å². The Kier molecular flexibility index (Phi) is 3.97. The number of aliphatic carboxylic acids is 1. The standard InChI is InChI=1S/C16H22N4O3/c1-19-13(21)9-12(15(22)23)16(19)4-7-20(8-5-16)10-11-3-2-6-18-14(11)17/h2-3,6,12H,4-5,7-10H2,1H3,(H2,17,18)(H,22,23)/t12-/m0/s1. The van der Waals surface area contributed by atoms with Crippen molar-refractivity contribution in [2.45, 2.75) is 31.3 Å². The first-order valence-electron chi connectivity index (χ1n) is 7.85. The molecule has 2 fully saturated rings. The number of nitrogens with zero attached hydrogens (tertiary/aromatic N) is 3. The highest BCUT2D eigenvalue weighted by atomic mass is 16.4. The summed E-state index contributed by atoms with van der Waals surface area (Å²) in [6.45, 7) is 2.19. The quantitative estimate of drug-likeness (QED) is 0.845. The third-order valence-corrected chi connectivity index (χ3v) is 5.41. The lowest BCUT2D eigenvalue weighted by atomic mass is 9.77. The fourth-order valence-electron chi connectivity index (χ4n) is 3.91. The molecule has 1 spiro atoms. The van der Waals surface area contributed by atoms with Crippen LogP contribution in [0.15, 0.2) is 18.3 Å². The van der Waals surface area contributed by atoms with Gasteiger partial charge in [0.2, 0.25) is 5.91 Å². The van der Waals surface area contributed by atoms with Gasteiger partial charge in [-0.25, -0.2) is 4.98 Å². The van der Waals surface area contributed by atoms with Gasteiger partial charge in [0.15, 0.2) is 0 Å². The van der Waals surface area contributed by atoms with Crippen LogP contribution >= 0.6 is 0 Å². The third-order valence-electron chi connectivity index (χ3n) is 5.41. The van der Waals surface area contributed by atoms with E-state index in [1.807, 2.05) is 12.1 Å². The number of pyridine rings is 1. The van der Waals surface area contributed by atoms with Gasteiger partial charge in [0, 0.05) is 44.9 Å². The number of anilines is 1. The highest BCUT2D eigenvalue weighted by molar-refractivity contribution is 5.88.